The van der Waals surface area contributed by atoms with Crippen molar-refractivity contribution in [3.05, 3.63) is 65.2 Å². The number of rotatable bonds is 7. The molecule has 58 heavy (non-hydrogen) atoms. The molecule has 2 aromatic rings. The van der Waals surface area contributed by atoms with Gasteiger partial charge in [-0.25, -0.2) is 4.79 Å². The van der Waals surface area contributed by atoms with Crippen LogP contribution in [0, 0.1) is 10.8 Å². The summed E-state index contributed by atoms with van der Waals surface area (Å²) in [7, 11) is 6.30. The number of carbonyl (C=O) groups excluding carboxylic acids is 3. The molecule has 2 aliphatic carbocycles. The number of para-hydroxylation sites is 1. The van der Waals surface area contributed by atoms with Crippen molar-refractivity contribution < 1.29 is 38.4 Å². The van der Waals surface area contributed by atoms with Gasteiger partial charge in [-0.1, -0.05) is 44.2 Å². The zero-order valence-electron chi connectivity index (χ0n) is 34.8. The van der Waals surface area contributed by atoms with Crippen molar-refractivity contribution in [2.75, 3.05) is 59.5 Å². The summed E-state index contributed by atoms with van der Waals surface area (Å²) in [4.78, 5) is 55.5. The third kappa shape index (κ3) is 4.08. The first-order valence-corrected chi connectivity index (χ1v) is 21.2. The first-order valence-electron chi connectivity index (χ1n) is 21.2. The van der Waals surface area contributed by atoms with Gasteiger partial charge in [-0.2, -0.15) is 0 Å². The molecule has 10 atom stereocenters. The Kier molecular flexibility index (Phi) is 8.11. The summed E-state index contributed by atoms with van der Waals surface area (Å²) in [5, 5.41) is 13.3. The van der Waals surface area contributed by atoms with E-state index in [4.69, 9.17) is 23.9 Å². The molecule has 0 amide bonds. The van der Waals surface area contributed by atoms with E-state index in [0.717, 1.165) is 61.4 Å². The molecular weight excluding hydrogens is 737 g/mol. The molecule has 10 rings (SSSR count). The number of methoxy groups -OCH3 is 3. The molecule has 308 valence electrons. The highest BCUT2D eigenvalue weighted by Gasteiger charge is 2.81. The number of hydrogen-bond donors (Lipinski definition) is 1. The van der Waals surface area contributed by atoms with Crippen molar-refractivity contribution in [2.24, 2.45) is 15.8 Å². The molecule has 3 saturated heterocycles. The SMILES string of the molecule is CC[C@]12CCCN3CC[C@]4(C(=Nc5ccccc54)[C@@](C(=O)OC)(c4cc5c(cc4OC)N(C)[C@H]4[C@@](O)(C(=O)OC)[C@H](OC(C)=O)[C@]6(CC)C=CCN7CC[C@]54[C@@H]76)C1)[C@@H]32. The second-order valence-corrected chi connectivity index (χ2v) is 18.5. The zero-order chi connectivity index (χ0) is 40.8. The number of fused-ring (bicyclic) bond motifs is 2. The monoisotopic (exact) mass is 792 g/mol. The van der Waals surface area contributed by atoms with Crippen molar-refractivity contribution >= 4 is 35.0 Å². The summed E-state index contributed by atoms with van der Waals surface area (Å²) in [5.74, 6) is -1.27. The fourth-order valence-electron chi connectivity index (χ4n) is 15.2. The Morgan fingerprint density at radius 2 is 1.64 bits per heavy atom. The summed E-state index contributed by atoms with van der Waals surface area (Å²) >= 11 is 0. The number of hydrogen-bond acceptors (Lipinski definition) is 12. The van der Waals surface area contributed by atoms with Gasteiger partial charge in [-0.05, 0) is 93.3 Å². The predicted molar refractivity (Wildman–Crippen MR) is 217 cm³/mol. The summed E-state index contributed by atoms with van der Waals surface area (Å²) in [6.45, 7) is 8.95. The van der Waals surface area contributed by atoms with E-state index in [9.17, 15) is 14.7 Å². The summed E-state index contributed by atoms with van der Waals surface area (Å²) < 4.78 is 24.1. The van der Waals surface area contributed by atoms with Crippen LogP contribution in [0.25, 0.3) is 0 Å². The molecule has 5 fully saturated rings. The quantitative estimate of drug-likeness (QED) is 0.237. The second kappa shape index (κ2) is 12.4. The van der Waals surface area contributed by atoms with Crippen molar-refractivity contribution in [1.82, 2.24) is 9.80 Å². The number of carbonyl (C=O) groups is 3. The maximum atomic E-state index is 15.4. The van der Waals surface area contributed by atoms with E-state index >= 15 is 4.79 Å². The van der Waals surface area contributed by atoms with Crippen molar-refractivity contribution in [1.29, 1.82) is 0 Å². The zero-order valence-corrected chi connectivity index (χ0v) is 34.8. The van der Waals surface area contributed by atoms with Gasteiger partial charge in [0.2, 0.25) is 5.60 Å². The molecule has 12 heteroatoms. The lowest BCUT2D eigenvalue weighted by Gasteiger charge is -2.63. The minimum absolute atomic E-state index is 0.183. The topological polar surface area (TPSA) is 130 Å². The Morgan fingerprint density at radius 1 is 0.879 bits per heavy atom. The number of anilines is 1. The number of ether oxygens (including phenoxy) is 4. The average molecular weight is 793 g/mol. The third-order valence-electron chi connectivity index (χ3n) is 16.8. The predicted octanol–water partition coefficient (Wildman–Crippen LogP) is 4.74. The molecule has 6 aliphatic heterocycles. The third-order valence-corrected chi connectivity index (χ3v) is 16.8. The van der Waals surface area contributed by atoms with Gasteiger partial charge in [0.1, 0.15) is 11.2 Å². The molecule has 12 nitrogen and oxygen atoms in total. The summed E-state index contributed by atoms with van der Waals surface area (Å²) in [5.41, 5.74) is -0.799. The van der Waals surface area contributed by atoms with Crippen LogP contribution in [0.3, 0.4) is 0 Å². The highest BCUT2D eigenvalue weighted by atomic mass is 16.6. The standard InChI is InChI=1S/C46H56N4O8/c1-8-41-16-12-20-49-22-18-43(35(41)49)28-14-10-11-15-31(28)47-34(43)45(26-41,39(52)56-6)30-24-29-32(25-33(30)55-5)48(4)37-44(29)19-23-50-21-13-17-42(9-2,36(44)50)38(58-27(3)51)46(37,54)40(53)57-7/h10-11,13-15,17,24-25,35-38,54H,8-9,12,16,18-23,26H2,1-7H3/t35-,36-,37+,38+,41-,42+,43-,44+,45-,46-/m0/s1. The van der Waals surface area contributed by atoms with Crippen LogP contribution in [-0.2, 0) is 44.8 Å². The molecule has 1 N–H and O–H groups in total. The van der Waals surface area contributed by atoms with Gasteiger partial charge in [0.05, 0.1) is 44.2 Å². The smallest absolute Gasteiger partial charge is 0.344 e. The fraction of sp³-hybridized carbons (Fsp3) is 0.609. The van der Waals surface area contributed by atoms with Crippen LogP contribution in [0.1, 0.15) is 82.4 Å². The molecule has 2 spiro atoms. The lowest BCUT2D eigenvalue weighted by molar-refractivity contribution is -0.228. The Balaban J connectivity index is 1.29. The molecule has 0 aromatic heterocycles. The van der Waals surface area contributed by atoms with Crippen LogP contribution in [0.5, 0.6) is 5.75 Å². The Morgan fingerprint density at radius 3 is 2.34 bits per heavy atom. The van der Waals surface area contributed by atoms with E-state index in [1.165, 1.54) is 26.7 Å². The molecule has 2 aromatic carbocycles. The van der Waals surface area contributed by atoms with Gasteiger partial charge in [0.15, 0.2) is 6.10 Å². The lowest BCUT2D eigenvalue weighted by Crippen LogP contribution is -2.81. The highest BCUT2D eigenvalue weighted by Crippen LogP contribution is 2.71. The van der Waals surface area contributed by atoms with E-state index in [1.54, 1.807) is 7.11 Å². The van der Waals surface area contributed by atoms with Crippen LogP contribution >= 0.6 is 0 Å². The Labute approximate surface area is 340 Å². The van der Waals surface area contributed by atoms with Crippen LogP contribution in [0.2, 0.25) is 0 Å². The van der Waals surface area contributed by atoms with Gasteiger partial charge >= 0.3 is 17.9 Å². The van der Waals surface area contributed by atoms with Crippen LogP contribution in [0.15, 0.2) is 53.5 Å². The maximum Gasteiger partial charge on any atom is 0.344 e. The van der Waals surface area contributed by atoms with Crippen molar-refractivity contribution in [2.45, 2.75) is 112 Å². The molecule has 2 saturated carbocycles. The minimum atomic E-state index is -2.27. The molecule has 0 unspecified atom stereocenters. The average Bonchev–Trinajstić information content (AvgIpc) is 3.99. The van der Waals surface area contributed by atoms with Crippen LogP contribution < -0.4 is 9.64 Å². The fourth-order valence-corrected chi connectivity index (χ4v) is 15.2. The second-order valence-electron chi connectivity index (χ2n) is 18.5. The van der Waals surface area contributed by atoms with Crippen molar-refractivity contribution in [3.8, 4) is 5.75 Å². The number of piperidine rings is 1. The number of aliphatic hydroxyl groups is 1. The molecular formula is C46H56N4O8. The lowest BCUT2D eigenvalue weighted by atomic mass is 9.44. The van der Waals surface area contributed by atoms with Crippen LogP contribution in [-0.4, -0.2) is 123 Å². The first-order chi connectivity index (χ1) is 27.9. The number of nitrogens with zero attached hydrogens (tertiary/aromatic N) is 4. The summed E-state index contributed by atoms with van der Waals surface area (Å²) in [6.07, 6.45) is 8.28. The van der Waals surface area contributed by atoms with E-state index in [-0.39, 0.29) is 23.5 Å². The van der Waals surface area contributed by atoms with Gasteiger partial charge < -0.3 is 29.0 Å². The summed E-state index contributed by atoms with van der Waals surface area (Å²) in [6, 6.07) is 11.6. The normalized spacial score (nSPS) is 40.1. The van der Waals surface area contributed by atoms with E-state index < -0.39 is 51.3 Å². The van der Waals surface area contributed by atoms with E-state index in [2.05, 4.69) is 53.1 Å². The highest BCUT2D eigenvalue weighted by molar-refractivity contribution is 6.21. The number of likely N-dealkylation sites (N-methyl/N-ethyl adjacent to an activating group) is 1. The van der Waals surface area contributed by atoms with Gasteiger partial charge in [0, 0.05) is 60.7 Å². The van der Waals surface area contributed by atoms with E-state index in [0.29, 0.717) is 43.7 Å². The Bertz CT molecular complexity index is 2210. The molecule has 0 bridgehead atoms. The number of benzene rings is 2. The molecule has 8 aliphatic rings. The van der Waals surface area contributed by atoms with Crippen LogP contribution in [0.4, 0.5) is 11.4 Å². The van der Waals surface area contributed by atoms with Gasteiger partial charge in [-0.15, -0.1) is 0 Å². The van der Waals surface area contributed by atoms with Gasteiger partial charge in [0.25, 0.3) is 0 Å². The minimum Gasteiger partial charge on any atom is -0.496 e. The van der Waals surface area contributed by atoms with Crippen molar-refractivity contribution in [3.63, 3.8) is 0 Å². The molecule has 6 heterocycles. The van der Waals surface area contributed by atoms with Gasteiger partial charge in [-0.3, -0.25) is 24.4 Å². The largest absolute Gasteiger partial charge is 0.496 e. The number of esters is 3. The van der Waals surface area contributed by atoms with E-state index in [1.807, 2.05) is 31.0 Å². The first kappa shape index (κ1) is 38.0. The molecule has 0 radical (unpaired) electrons. The Hall–Kier alpha value is -4.26. The maximum absolute atomic E-state index is 15.4. The number of aliphatic imine (C=N–C) groups is 1.